The van der Waals surface area contributed by atoms with Crippen LogP contribution in [0.5, 0.6) is 0 Å². The molecule has 136 valence electrons. The fourth-order valence-electron chi connectivity index (χ4n) is 3.56. The van der Waals surface area contributed by atoms with E-state index in [0.717, 1.165) is 11.1 Å². The molecular weight excluding hydrogens is 326 g/mol. The van der Waals surface area contributed by atoms with Gasteiger partial charge in [0, 0.05) is 24.6 Å². The van der Waals surface area contributed by atoms with Crippen molar-refractivity contribution in [2.24, 2.45) is 5.41 Å². The fraction of sp³-hybridized carbons (Fsp3) is 0.318. The molecule has 0 aromatic heterocycles. The summed E-state index contributed by atoms with van der Waals surface area (Å²) >= 11 is 0. The van der Waals surface area contributed by atoms with E-state index in [1.54, 1.807) is 17.1 Å². The number of piperidine rings is 1. The summed E-state index contributed by atoms with van der Waals surface area (Å²) in [6, 6.07) is 19.5. The van der Waals surface area contributed by atoms with Crippen molar-refractivity contribution >= 4 is 12.0 Å². The van der Waals surface area contributed by atoms with Crippen molar-refractivity contribution in [3.63, 3.8) is 0 Å². The van der Waals surface area contributed by atoms with Crippen molar-refractivity contribution in [3.05, 3.63) is 77.9 Å². The van der Waals surface area contributed by atoms with Gasteiger partial charge in [-0.05, 0) is 30.0 Å². The van der Waals surface area contributed by atoms with Crippen molar-refractivity contribution in [2.75, 3.05) is 19.7 Å². The van der Waals surface area contributed by atoms with Gasteiger partial charge in [-0.1, -0.05) is 60.7 Å². The van der Waals surface area contributed by atoms with Crippen molar-refractivity contribution < 1.29 is 15.0 Å². The average molecular weight is 351 g/mol. The van der Waals surface area contributed by atoms with Crippen LogP contribution >= 0.6 is 0 Å². The highest BCUT2D eigenvalue weighted by molar-refractivity contribution is 5.91. The molecule has 2 atom stereocenters. The predicted octanol–water partition coefficient (Wildman–Crippen LogP) is 2.51. The van der Waals surface area contributed by atoms with Gasteiger partial charge in [0.15, 0.2) is 0 Å². The third-order valence-electron chi connectivity index (χ3n) is 5.13. The molecule has 3 rings (SSSR count). The molecule has 4 nitrogen and oxygen atoms in total. The molecule has 1 heterocycles. The number of carbonyl (C=O) groups excluding carboxylic acids is 1. The zero-order valence-corrected chi connectivity index (χ0v) is 14.8. The van der Waals surface area contributed by atoms with Crippen LogP contribution in [0.25, 0.3) is 6.08 Å². The lowest BCUT2D eigenvalue weighted by Gasteiger charge is -2.45. The van der Waals surface area contributed by atoms with Crippen LogP contribution in [0.3, 0.4) is 0 Å². The minimum Gasteiger partial charge on any atom is -0.396 e. The third-order valence-corrected chi connectivity index (χ3v) is 5.13. The van der Waals surface area contributed by atoms with Gasteiger partial charge in [-0.3, -0.25) is 4.79 Å². The van der Waals surface area contributed by atoms with Crippen LogP contribution in [0.2, 0.25) is 0 Å². The molecule has 1 aliphatic heterocycles. The van der Waals surface area contributed by atoms with Gasteiger partial charge >= 0.3 is 0 Å². The highest BCUT2D eigenvalue weighted by Gasteiger charge is 2.43. The minimum absolute atomic E-state index is 0.0911. The molecule has 1 saturated heterocycles. The standard InChI is InChI=1S/C22H25NO3/c24-17-22(15-19-9-5-2-6-10-19)16-23(14-13-20(22)25)21(26)12-11-18-7-3-1-4-8-18/h1-12,20,24-25H,13-17H2/t20-,22+/m1/s1. The van der Waals surface area contributed by atoms with Crippen molar-refractivity contribution in [2.45, 2.75) is 18.9 Å². The summed E-state index contributed by atoms with van der Waals surface area (Å²) in [6.07, 6.45) is 3.74. The van der Waals surface area contributed by atoms with Crippen molar-refractivity contribution in [1.29, 1.82) is 0 Å². The van der Waals surface area contributed by atoms with Gasteiger partial charge in [0.05, 0.1) is 12.7 Å². The first-order valence-corrected chi connectivity index (χ1v) is 8.98. The summed E-state index contributed by atoms with van der Waals surface area (Å²) < 4.78 is 0. The van der Waals surface area contributed by atoms with Crippen LogP contribution in [0.4, 0.5) is 0 Å². The molecule has 1 fully saturated rings. The molecule has 1 aliphatic rings. The van der Waals surface area contributed by atoms with Crippen molar-refractivity contribution in [3.8, 4) is 0 Å². The Bertz CT molecular complexity index is 744. The van der Waals surface area contributed by atoms with Crippen LogP contribution < -0.4 is 0 Å². The molecule has 26 heavy (non-hydrogen) atoms. The average Bonchev–Trinajstić information content (AvgIpc) is 2.69. The van der Waals surface area contributed by atoms with Crippen LogP contribution in [0.1, 0.15) is 17.5 Å². The zero-order chi connectivity index (χ0) is 18.4. The zero-order valence-electron chi connectivity index (χ0n) is 14.8. The minimum atomic E-state index is -0.726. The first-order valence-electron chi connectivity index (χ1n) is 8.98. The lowest BCUT2D eigenvalue weighted by atomic mass is 9.73. The van der Waals surface area contributed by atoms with Gasteiger partial charge in [0.2, 0.25) is 5.91 Å². The Balaban J connectivity index is 1.73. The number of hydrogen-bond donors (Lipinski definition) is 2. The van der Waals surface area contributed by atoms with Gasteiger partial charge in [-0.2, -0.15) is 0 Å². The highest BCUT2D eigenvalue weighted by atomic mass is 16.3. The summed E-state index contributed by atoms with van der Waals surface area (Å²) in [7, 11) is 0. The van der Waals surface area contributed by atoms with E-state index in [0.29, 0.717) is 25.9 Å². The quantitative estimate of drug-likeness (QED) is 0.814. The van der Waals surface area contributed by atoms with Gasteiger partial charge in [-0.15, -0.1) is 0 Å². The summed E-state index contributed by atoms with van der Waals surface area (Å²) in [5.41, 5.74) is 1.29. The Labute approximate surface area is 154 Å². The monoisotopic (exact) mass is 351 g/mol. The lowest BCUT2D eigenvalue weighted by Crippen LogP contribution is -2.56. The maximum Gasteiger partial charge on any atom is 0.246 e. The number of likely N-dealkylation sites (tertiary alicyclic amines) is 1. The summed E-state index contributed by atoms with van der Waals surface area (Å²) in [6.45, 7) is 0.683. The van der Waals surface area contributed by atoms with Gasteiger partial charge < -0.3 is 15.1 Å². The smallest absolute Gasteiger partial charge is 0.246 e. The van der Waals surface area contributed by atoms with E-state index in [2.05, 4.69) is 0 Å². The largest absolute Gasteiger partial charge is 0.396 e. The van der Waals surface area contributed by atoms with E-state index >= 15 is 0 Å². The fourth-order valence-corrected chi connectivity index (χ4v) is 3.56. The van der Waals surface area contributed by atoms with E-state index in [-0.39, 0.29) is 12.5 Å². The van der Waals surface area contributed by atoms with Crippen LogP contribution in [-0.4, -0.2) is 46.8 Å². The number of aliphatic hydroxyl groups is 2. The predicted molar refractivity (Wildman–Crippen MR) is 102 cm³/mol. The topological polar surface area (TPSA) is 60.8 Å². The Morgan fingerprint density at radius 1 is 1.12 bits per heavy atom. The molecule has 0 bridgehead atoms. The number of aliphatic hydroxyl groups excluding tert-OH is 2. The molecule has 4 heteroatoms. The summed E-state index contributed by atoms with van der Waals surface area (Å²) in [5.74, 6) is -0.0911. The third kappa shape index (κ3) is 4.21. The molecule has 0 unspecified atom stereocenters. The first kappa shape index (κ1) is 18.4. The van der Waals surface area contributed by atoms with E-state index in [1.165, 1.54) is 0 Å². The molecule has 2 aromatic rings. The number of hydrogen-bond acceptors (Lipinski definition) is 3. The van der Waals surface area contributed by atoms with Crippen LogP contribution in [-0.2, 0) is 11.2 Å². The van der Waals surface area contributed by atoms with E-state index in [4.69, 9.17) is 0 Å². The second-order valence-electron chi connectivity index (χ2n) is 6.99. The Morgan fingerprint density at radius 3 is 2.42 bits per heavy atom. The maximum atomic E-state index is 12.6. The molecular formula is C22H25NO3. The number of benzene rings is 2. The maximum absolute atomic E-state index is 12.6. The SMILES string of the molecule is O=C(C=Cc1ccccc1)N1CC[C@@H](O)[C@@](CO)(Cc2ccccc2)C1. The number of nitrogens with zero attached hydrogens (tertiary/aromatic N) is 1. The van der Waals surface area contributed by atoms with Crippen molar-refractivity contribution in [1.82, 2.24) is 4.90 Å². The van der Waals surface area contributed by atoms with E-state index in [1.807, 2.05) is 60.7 Å². The first-order chi connectivity index (χ1) is 12.6. The molecule has 0 aliphatic carbocycles. The molecule has 2 N–H and O–H groups in total. The molecule has 0 spiro atoms. The molecule has 1 amide bonds. The second-order valence-corrected chi connectivity index (χ2v) is 6.99. The Kier molecular flexibility index (Phi) is 5.86. The highest BCUT2D eigenvalue weighted by Crippen LogP contribution is 2.34. The van der Waals surface area contributed by atoms with E-state index < -0.39 is 11.5 Å². The Morgan fingerprint density at radius 2 is 1.77 bits per heavy atom. The van der Waals surface area contributed by atoms with Gasteiger partial charge in [0.1, 0.15) is 0 Å². The second kappa shape index (κ2) is 8.30. The Hall–Kier alpha value is -2.43. The van der Waals surface area contributed by atoms with Crippen LogP contribution in [0.15, 0.2) is 66.7 Å². The van der Waals surface area contributed by atoms with E-state index in [9.17, 15) is 15.0 Å². The molecule has 0 radical (unpaired) electrons. The number of rotatable bonds is 5. The normalized spacial score (nSPS) is 23.3. The van der Waals surface area contributed by atoms with Gasteiger partial charge in [0.25, 0.3) is 0 Å². The van der Waals surface area contributed by atoms with Gasteiger partial charge in [-0.25, -0.2) is 0 Å². The summed E-state index contributed by atoms with van der Waals surface area (Å²) in [4.78, 5) is 14.3. The molecule has 0 saturated carbocycles. The number of carbonyl (C=O) groups is 1. The lowest BCUT2D eigenvalue weighted by molar-refractivity contribution is -0.136. The summed E-state index contributed by atoms with van der Waals surface area (Å²) in [5, 5.41) is 20.6. The number of amides is 1. The molecule has 2 aromatic carbocycles. The van der Waals surface area contributed by atoms with Crippen LogP contribution in [0, 0.1) is 5.41 Å².